The van der Waals surface area contributed by atoms with Gasteiger partial charge in [-0.1, -0.05) is 0 Å². The Balaban J connectivity index is 3.72. The Bertz CT molecular complexity index is 196. The van der Waals surface area contributed by atoms with Crippen molar-refractivity contribution in [3.63, 3.8) is 0 Å². The number of likely N-dealkylation sites (N-methyl/N-ethyl adjacent to an activating group) is 1. The van der Waals surface area contributed by atoms with Gasteiger partial charge in [0.1, 0.15) is 0 Å². The number of nitrogens with zero attached hydrogens (tertiary/aromatic N) is 2. The molecule has 14 heavy (non-hydrogen) atoms. The van der Waals surface area contributed by atoms with E-state index in [0.717, 1.165) is 0 Å². The molecule has 0 fully saturated rings. The summed E-state index contributed by atoms with van der Waals surface area (Å²) in [6, 6.07) is 2.14. The van der Waals surface area contributed by atoms with Gasteiger partial charge >= 0.3 is 0 Å². The molecule has 0 amide bonds. The smallest absolute Gasteiger partial charge is 0.0869 e. The lowest BCUT2D eigenvalue weighted by molar-refractivity contribution is 0.0336. The van der Waals surface area contributed by atoms with Crippen molar-refractivity contribution in [1.29, 1.82) is 5.26 Å². The van der Waals surface area contributed by atoms with Gasteiger partial charge in [-0.25, -0.2) is 0 Å². The standard InChI is InChI=1S/C10H21N3O/c1-9(5-11)6-12-7-10(2,14)8-13(3)4/h9,12,14H,6-8H2,1-4H3. The van der Waals surface area contributed by atoms with Gasteiger partial charge in [-0.05, 0) is 27.9 Å². The van der Waals surface area contributed by atoms with E-state index >= 15 is 0 Å². The third kappa shape index (κ3) is 6.84. The zero-order chi connectivity index (χ0) is 11.2. The normalized spacial score (nSPS) is 17.5. The maximum absolute atomic E-state index is 9.88. The van der Waals surface area contributed by atoms with Crippen LogP contribution in [0.3, 0.4) is 0 Å². The highest BCUT2D eigenvalue weighted by atomic mass is 16.3. The van der Waals surface area contributed by atoms with E-state index < -0.39 is 5.60 Å². The lowest BCUT2D eigenvalue weighted by atomic mass is 10.1. The molecule has 82 valence electrons. The summed E-state index contributed by atoms with van der Waals surface area (Å²) >= 11 is 0. The molecule has 0 radical (unpaired) electrons. The number of hydrogen-bond donors (Lipinski definition) is 2. The Labute approximate surface area is 86.5 Å². The SMILES string of the molecule is CC(C#N)CNCC(C)(O)CN(C)C. The summed E-state index contributed by atoms with van der Waals surface area (Å²) in [5.74, 6) is -0.00911. The highest BCUT2D eigenvalue weighted by Crippen LogP contribution is 2.02. The van der Waals surface area contributed by atoms with Crippen LogP contribution in [0.25, 0.3) is 0 Å². The summed E-state index contributed by atoms with van der Waals surface area (Å²) < 4.78 is 0. The van der Waals surface area contributed by atoms with E-state index in [9.17, 15) is 5.11 Å². The highest BCUT2D eigenvalue weighted by Gasteiger charge is 2.20. The van der Waals surface area contributed by atoms with Crippen molar-refractivity contribution < 1.29 is 5.11 Å². The first-order valence-corrected chi connectivity index (χ1v) is 4.85. The molecule has 0 heterocycles. The number of nitriles is 1. The minimum atomic E-state index is -0.737. The Morgan fingerprint density at radius 3 is 2.57 bits per heavy atom. The van der Waals surface area contributed by atoms with Gasteiger partial charge in [-0.2, -0.15) is 5.26 Å². The summed E-state index contributed by atoms with van der Waals surface area (Å²) in [5.41, 5.74) is -0.737. The van der Waals surface area contributed by atoms with Gasteiger partial charge in [0.25, 0.3) is 0 Å². The van der Waals surface area contributed by atoms with Crippen LogP contribution in [-0.4, -0.2) is 49.3 Å². The van der Waals surface area contributed by atoms with E-state index in [1.807, 2.05) is 25.9 Å². The van der Waals surface area contributed by atoms with E-state index in [1.54, 1.807) is 6.92 Å². The van der Waals surface area contributed by atoms with Gasteiger partial charge in [0.15, 0.2) is 0 Å². The minimum Gasteiger partial charge on any atom is -0.388 e. The number of rotatable bonds is 6. The average molecular weight is 199 g/mol. The van der Waals surface area contributed by atoms with Crippen LogP contribution >= 0.6 is 0 Å². The first-order valence-electron chi connectivity index (χ1n) is 4.85. The molecule has 2 atom stereocenters. The van der Waals surface area contributed by atoms with Crippen molar-refractivity contribution in [2.45, 2.75) is 19.4 Å². The average Bonchev–Trinajstić information content (AvgIpc) is 2.01. The van der Waals surface area contributed by atoms with E-state index in [0.29, 0.717) is 19.6 Å². The summed E-state index contributed by atoms with van der Waals surface area (Å²) in [5, 5.41) is 21.5. The first-order chi connectivity index (χ1) is 6.37. The Hall–Kier alpha value is -0.630. The molecule has 0 aliphatic heterocycles. The second-order valence-electron chi connectivity index (χ2n) is 4.40. The van der Waals surface area contributed by atoms with Crippen LogP contribution in [0, 0.1) is 17.2 Å². The number of nitrogens with one attached hydrogen (secondary N) is 1. The molecule has 0 aliphatic carbocycles. The predicted octanol–water partition coefficient (Wildman–Crippen LogP) is 0.0483. The highest BCUT2D eigenvalue weighted by molar-refractivity contribution is 4.83. The summed E-state index contributed by atoms with van der Waals surface area (Å²) in [6.45, 7) is 5.39. The minimum absolute atomic E-state index is 0.00911. The molecule has 0 aliphatic rings. The second-order valence-corrected chi connectivity index (χ2v) is 4.40. The van der Waals surface area contributed by atoms with Crippen LogP contribution in [0.1, 0.15) is 13.8 Å². The van der Waals surface area contributed by atoms with Crippen LogP contribution in [0.4, 0.5) is 0 Å². The summed E-state index contributed by atoms with van der Waals surface area (Å²) in [4.78, 5) is 1.94. The lowest BCUT2D eigenvalue weighted by Crippen LogP contribution is -2.46. The van der Waals surface area contributed by atoms with Crippen molar-refractivity contribution in [3.05, 3.63) is 0 Å². The Morgan fingerprint density at radius 2 is 2.14 bits per heavy atom. The van der Waals surface area contributed by atoms with Gasteiger partial charge in [-0.15, -0.1) is 0 Å². The van der Waals surface area contributed by atoms with Gasteiger partial charge in [0.2, 0.25) is 0 Å². The fourth-order valence-corrected chi connectivity index (χ4v) is 1.34. The molecule has 0 rings (SSSR count). The second kappa shape index (κ2) is 5.97. The molecule has 2 N–H and O–H groups in total. The van der Waals surface area contributed by atoms with Crippen LogP contribution in [0.2, 0.25) is 0 Å². The predicted molar refractivity (Wildman–Crippen MR) is 56.8 cm³/mol. The van der Waals surface area contributed by atoms with Crippen LogP contribution < -0.4 is 5.32 Å². The fourth-order valence-electron chi connectivity index (χ4n) is 1.34. The zero-order valence-corrected chi connectivity index (χ0v) is 9.54. The molecule has 0 saturated carbocycles. The van der Waals surface area contributed by atoms with Crippen LogP contribution in [0.5, 0.6) is 0 Å². The monoisotopic (exact) mass is 199 g/mol. The summed E-state index contributed by atoms with van der Waals surface area (Å²) in [6.07, 6.45) is 0. The van der Waals surface area contributed by atoms with Crippen molar-refractivity contribution in [2.75, 3.05) is 33.7 Å². The Kier molecular flexibility index (Phi) is 5.70. The summed E-state index contributed by atoms with van der Waals surface area (Å²) in [7, 11) is 3.85. The lowest BCUT2D eigenvalue weighted by Gasteiger charge is -2.27. The fraction of sp³-hybridized carbons (Fsp3) is 0.900. The van der Waals surface area contributed by atoms with Crippen molar-refractivity contribution in [3.8, 4) is 6.07 Å². The third-order valence-corrected chi connectivity index (χ3v) is 1.83. The molecule has 0 bridgehead atoms. The molecular formula is C10H21N3O. The van der Waals surface area contributed by atoms with Crippen molar-refractivity contribution in [1.82, 2.24) is 10.2 Å². The van der Waals surface area contributed by atoms with Gasteiger partial charge in [0, 0.05) is 19.6 Å². The molecule has 4 nitrogen and oxygen atoms in total. The van der Waals surface area contributed by atoms with E-state index in [4.69, 9.17) is 5.26 Å². The van der Waals surface area contributed by atoms with Gasteiger partial charge in [-0.3, -0.25) is 0 Å². The molecule has 0 spiro atoms. The topological polar surface area (TPSA) is 59.3 Å². The molecule has 0 aromatic carbocycles. The zero-order valence-electron chi connectivity index (χ0n) is 9.54. The molecule has 2 unspecified atom stereocenters. The van der Waals surface area contributed by atoms with Gasteiger partial charge < -0.3 is 15.3 Å². The maximum Gasteiger partial charge on any atom is 0.0869 e. The molecule has 0 aromatic heterocycles. The molecular weight excluding hydrogens is 178 g/mol. The first kappa shape index (κ1) is 13.4. The van der Waals surface area contributed by atoms with Crippen molar-refractivity contribution in [2.24, 2.45) is 5.92 Å². The quantitative estimate of drug-likeness (QED) is 0.634. The maximum atomic E-state index is 9.88. The van der Waals surface area contributed by atoms with E-state index in [-0.39, 0.29) is 5.92 Å². The van der Waals surface area contributed by atoms with E-state index in [1.165, 1.54) is 0 Å². The van der Waals surface area contributed by atoms with E-state index in [2.05, 4.69) is 11.4 Å². The molecule has 4 heteroatoms. The van der Waals surface area contributed by atoms with Crippen LogP contribution in [-0.2, 0) is 0 Å². The number of aliphatic hydroxyl groups is 1. The largest absolute Gasteiger partial charge is 0.388 e. The van der Waals surface area contributed by atoms with Crippen molar-refractivity contribution >= 4 is 0 Å². The Morgan fingerprint density at radius 1 is 1.57 bits per heavy atom. The van der Waals surface area contributed by atoms with Crippen LogP contribution in [0.15, 0.2) is 0 Å². The molecule has 0 aromatic rings. The molecule has 0 saturated heterocycles. The number of hydrogen-bond acceptors (Lipinski definition) is 4. The third-order valence-electron chi connectivity index (χ3n) is 1.83. The van der Waals surface area contributed by atoms with Gasteiger partial charge in [0.05, 0.1) is 17.6 Å².